The van der Waals surface area contributed by atoms with Crippen LogP contribution in [0.4, 0.5) is 0 Å². The molecule has 3 nitrogen and oxygen atoms in total. The first kappa shape index (κ1) is 9.60. The molecule has 1 aromatic rings. The second-order valence-electron chi connectivity index (χ2n) is 3.26. The lowest BCUT2D eigenvalue weighted by Gasteiger charge is -2.19. The van der Waals surface area contributed by atoms with Crippen LogP contribution in [0.5, 0.6) is 11.5 Å². The highest BCUT2D eigenvalue weighted by Gasteiger charge is 2.15. The Morgan fingerprint density at radius 2 is 2.40 bits per heavy atom. The summed E-state index contributed by atoms with van der Waals surface area (Å²) >= 11 is 0. The Balaban J connectivity index is 2.46. The summed E-state index contributed by atoms with van der Waals surface area (Å²) in [5.74, 6) is 1.56. The van der Waals surface area contributed by atoms with Crippen molar-refractivity contribution >= 4 is 5.57 Å². The first-order valence-electron chi connectivity index (χ1n) is 4.75. The lowest BCUT2D eigenvalue weighted by molar-refractivity contribution is 0.313. The predicted octanol–water partition coefficient (Wildman–Crippen LogP) is 2.38. The number of fused-ring (bicyclic) bond motifs is 1. The Kier molecular flexibility index (Phi) is 2.59. The molecule has 0 aliphatic carbocycles. The van der Waals surface area contributed by atoms with Crippen molar-refractivity contribution in [3.05, 3.63) is 29.8 Å². The number of rotatable bonds is 1. The summed E-state index contributed by atoms with van der Waals surface area (Å²) in [6.07, 6.45) is 2.36. The van der Waals surface area contributed by atoms with Crippen molar-refractivity contribution < 1.29 is 9.47 Å². The van der Waals surface area contributed by atoms with E-state index < -0.39 is 0 Å². The van der Waals surface area contributed by atoms with E-state index in [1.54, 1.807) is 13.2 Å². The molecule has 0 atom stereocenters. The van der Waals surface area contributed by atoms with Gasteiger partial charge in [0.2, 0.25) is 0 Å². The highest BCUT2D eigenvalue weighted by molar-refractivity contribution is 5.74. The maximum Gasteiger partial charge on any atom is 0.130 e. The van der Waals surface area contributed by atoms with Gasteiger partial charge < -0.3 is 9.47 Å². The number of hydrogen-bond donors (Lipinski definition) is 0. The van der Waals surface area contributed by atoms with Gasteiger partial charge in [-0.3, -0.25) is 0 Å². The molecule has 1 heterocycles. The Morgan fingerprint density at radius 3 is 3.13 bits per heavy atom. The van der Waals surface area contributed by atoms with E-state index in [4.69, 9.17) is 14.7 Å². The molecule has 0 spiro atoms. The van der Waals surface area contributed by atoms with Crippen LogP contribution < -0.4 is 9.47 Å². The smallest absolute Gasteiger partial charge is 0.130 e. The Hall–Kier alpha value is -1.95. The number of ether oxygens (including phenoxy) is 2. The number of nitrogens with zero attached hydrogens (tertiary/aromatic N) is 1. The number of allylic oxidation sites excluding steroid dienone is 1. The van der Waals surface area contributed by atoms with Crippen LogP contribution in [0.25, 0.3) is 5.57 Å². The van der Waals surface area contributed by atoms with E-state index >= 15 is 0 Å². The van der Waals surface area contributed by atoms with Crippen molar-refractivity contribution in [2.45, 2.75) is 6.42 Å². The largest absolute Gasteiger partial charge is 0.497 e. The van der Waals surface area contributed by atoms with E-state index in [0.29, 0.717) is 6.61 Å². The Labute approximate surface area is 88.5 Å². The van der Waals surface area contributed by atoms with E-state index in [2.05, 4.69) is 6.07 Å². The summed E-state index contributed by atoms with van der Waals surface area (Å²) in [6.45, 7) is 0.619. The zero-order valence-corrected chi connectivity index (χ0v) is 8.49. The van der Waals surface area contributed by atoms with E-state index in [0.717, 1.165) is 29.1 Å². The second-order valence-corrected chi connectivity index (χ2v) is 3.26. The highest BCUT2D eigenvalue weighted by atomic mass is 16.5. The minimum absolute atomic E-state index is 0.619. The standard InChI is InChI=1S/C12H11NO2/c1-14-10-2-3-11-9(4-6-13)5-7-15-12(11)8-10/h2-4,8H,5,7H2,1H3. The molecular weight excluding hydrogens is 190 g/mol. The summed E-state index contributed by atoms with van der Waals surface area (Å²) in [5, 5.41) is 8.65. The molecule has 3 heteroatoms. The van der Waals surface area contributed by atoms with Gasteiger partial charge in [0.05, 0.1) is 19.8 Å². The van der Waals surface area contributed by atoms with Crippen LogP contribution in [0.1, 0.15) is 12.0 Å². The summed E-state index contributed by atoms with van der Waals surface area (Å²) in [6, 6.07) is 7.71. The van der Waals surface area contributed by atoms with Crippen LogP contribution in [0.3, 0.4) is 0 Å². The monoisotopic (exact) mass is 201 g/mol. The molecule has 0 bridgehead atoms. The molecule has 1 aliphatic heterocycles. The van der Waals surface area contributed by atoms with Gasteiger partial charge in [-0.05, 0) is 17.7 Å². The molecule has 15 heavy (non-hydrogen) atoms. The minimum Gasteiger partial charge on any atom is -0.497 e. The van der Waals surface area contributed by atoms with Gasteiger partial charge in [0.1, 0.15) is 11.5 Å². The number of benzene rings is 1. The van der Waals surface area contributed by atoms with E-state index in [1.165, 1.54) is 0 Å². The molecule has 0 N–H and O–H groups in total. The first-order valence-corrected chi connectivity index (χ1v) is 4.75. The molecular formula is C12H11NO2. The molecule has 0 radical (unpaired) electrons. The topological polar surface area (TPSA) is 42.2 Å². The summed E-state index contributed by atoms with van der Waals surface area (Å²) < 4.78 is 10.6. The lowest BCUT2D eigenvalue weighted by atomic mass is 9.99. The third-order valence-corrected chi connectivity index (χ3v) is 2.40. The molecule has 0 saturated heterocycles. The van der Waals surface area contributed by atoms with Crippen molar-refractivity contribution in [3.63, 3.8) is 0 Å². The normalized spacial score (nSPS) is 16.4. The van der Waals surface area contributed by atoms with Crippen molar-refractivity contribution in [1.82, 2.24) is 0 Å². The lowest BCUT2D eigenvalue weighted by Crippen LogP contribution is -2.07. The Bertz CT molecular complexity index is 443. The van der Waals surface area contributed by atoms with Gasteiger partial charge in [-0.2, -0.15) is 5.26 Å². The minimum atomic E-state index is 0.619. The molecule has 0 unspecified atom stereocenters. The third-order valence-electron chi connectivity index (χ3n) is 2.40. The van der Waals surface area contributed by atoms with E-state index in [-0.39, 0.29) is 0 Å². The molecule has 1 aromatic carbocycles. The average molecular weight is 201 g/mol. The summed E-state index contributed by atoms with van der Waals surface area (Å²) in [4.78, 5) is 0. The quantitative estimate of drug-likeness (QED) is 0.655. The highest BCUT2D eigenvalue weighted by Crippen LogP contribution is 2.35. The van der Waals surface area contributed by atoms with Gasteiger partial charge in [0.25, 0.3) is 0 Å². The average Bonchev–Trinajstić information content (AvgIpc) is 2.29. The Morgan fingerprint density at radius 1 is 1.53 bits per heavy atom. The summed E-state index contributed by atoms with van der Waals surface area (Å²) in [5.41, 5.74) is 2.02. The predicted molar refractivity (Wildman–Crippen MR) is 56.7 cm³/mol. The molecule has 0 fully saturated rings. The third kappa shape index (κ3) is 1.79. The first-order chi connectivity index (χ1) is 7.35. The zero-order valence-electron chi connectivity index (χ0n) is 8.49. The van der Waals surface area contributed by atoms with Crippen molar-refractivity contribution in [2.24, 2.45) is 0 Å². The molecule has 0 aromatic heterocycles. The molecule has 76 valence electrons. The number of hydrogen-bond acceptors (Lipinski definition) is 3. The fourth-order valence-electron chi connectivity index (χ4n) is 1.65. The molecule has 1 aliphatic rings. The van der Waals surface area contributed by atoms with Crippen molar-refractivity contribution in [3.8, 4) is 17.6 Å². The van der Waals surface area contributed by atoms with Crippen LogP contribution in [-0.2, 0) is 0 Å². The summed E-state index contributed by atoms with van der Waals surface area (Å²) in [7, 11) is 1.62. The van der Waals surface area contributed by atoms with E-state index in [9.17, 15) is 0 Å². The van der Waals surface area contributed by atoms with Crippen molar-refractivity contribution in [1.29, 1.82) is 5.26 Å². The van der Waals surface area contributed by atoms with Crippen LogP contribution in [-0.4, -0.2) is 13.7 Å². The molecule has 2 rings (SSSR count). The van der Waals surface area contributed by atoms with Crippen LogP contribution >= 0.6 is 0 Å². The molecule has 0 amide bonds. The van der Waals surface area contributed by atoms with Gasteiger partial charge in [-0.1, -0.05) is 0 Å². The van der Waals surface area contributed by atoms with Gasteiger partial charge >= 0.3 is 0 Å². The van der Waals surface area contributed by atoms with Gasteiger partial charge in [0.15, 0.2) is 0 Å². The van der Waals surface area contributed by atoms with Gasteiger partial charge in [0, 0.05) is 24.1 Å². The second kappa shape index (κ2) is 4.05. The number of nitriles is 1. The fraction of sp³-hybridized carbons (Fsp3) is 0.250. The van der Waals surface area contributed by atoms with Crippen molar-refractivity contribution in [2.75, 3.05) is 13.7 Å². The zero-order chi connectivity index (χ0) is 10.7. The van der Waals surface area contributed by atoms with Gasteiger partial charge in [-0.25, -0.2) is 0 Å². The SMILES string of the molecule is COc1ccc2c(c1)OCCC2=CC#N. The van der Waals surface area contributed by atoms with Gasteiger partial charge in [-0.15, -0.1) is 0 Å². The maximum absolute atomic E-state index is 8.65. The van der Waals surface area contributed by atoms with Crippen LogP contribution in [0, 0.1) is 11.3 Å². The fourth-order valence-corrected chi connectivity index (χ4v) is 1.65. The maximum atomic E-state index is 8.65. The molecule has 0 saturated carbocycles. The number of methoxy groups -OCH3 is 1. The van der Waals surface area contributed by atoms with Crippen LogP contribution in [0.15, 0.2) is 24.3 Å². The van der Waals surface area contributed by atoms with Crippen LogP contribution in [0.2, 0.25) is 0 Å². The van der Waals surface area contributed by atoms with E-state index in [1.807, 2.05) is 18.2 Å².